The predicted octanol–water partition coefficient (Wildman–Crippen LogP) is 22.0. The fraction of sp³-hybridized carbons (Fsp3) is 0.421. The number of para-hydroxylation sites is 2. The molecule has 15 rings (SSSR count). The second-order valence-corrected chi connectivity index (χ2v) is 30.9. The topological polar surface area (TPSA) is 63.7 Å². The van der Waals surface area contributed by atoms with Gasteiger partial charge in [0.15, 0.2) is 11.6 Å². The first-order chi connectivity index (χ1) is 38.2. The van der Waals surface area contributed by atoms with Gasteiger partial charge in [0.1, 0.15) is 22.3 Å². The highest BCUT2D eigenvalue weighted by Crippen LogP contribution is 2.62. The predicted molar refractivity (Wildman–Crippen MR) is 337 cm³/mol. The summed E-state index contributed by atoms with van der Waals surface area (Å²) in [6.45, 7) is 28.0. The van der Waals surface area contributed by atoms with Crippen molar-refractivity contribution >= 4 is 72.5 Å². The number of anilines is 3. The molecule has 7 aromatic carbocycles. The molecule has 0 saturated heterocycles. The van der Waals surface area contributed by atoms with Crippen LogP contribution in [0.2, 0.25) is 0 Å². The average molecular weight is 1070 g/mol. The van der Waals surface area contributed by atoms with Gasteiger partial charge in [-0.05, 0) is 222 Å². The van der Waals surface area contributed by atoms with E-state index in [1.54, 1.807) is 0 Å². The minimum absolute atomic E-state index is 0.0239. The van der Waals surface area contributed by atoms with Crippen LogP contribution in [0.25, 0.3) is 66.1 Å². The lowest BCUT2D eigenvalue weighted by Crippen LogP contribution is -2.40. The van der Waals surface area contributed by atoms with Crippen LogP contribution >= 0.6 is 0 Å². The van der Waals surface area contributed by atoms with Gasteiger partial charge in [0, 0.05) is 60.6 Å². The molecule has 2 saturated carbocycles. The van der Waals surface area contributed by atoms with Crippen LogP contribution in [0.3, 0.4) is 0 Å². The van der Waals surface area contributed by atoms with Crippen molar-refractivity contribution in [2.45, 2.75) is 171 Å². The molecule has 416 valence electrons. The number of ketones is 2. The Bertz CT molecular complexity index is 3740. The van der Waals surface area contributed by atoms with Crippen LogP contribution in [0.1, 0.15) is 192 Å². The zero-order valence-electron chi connectivity index (χ0n) is 50.3. The summed E-state index contributed by atoms with van der Waals surface area (Å²) in [4.78, 5) is 34.5. The van der Waals surface area contributed by atoms with Crippen LogP contribution in [-0.4, -0.2) is 11.6 Å². The standard InChI is InChI=1S/C76H83NO4/c1-69(2,3)44-73-29-33-75(34-30-73,46-71(7,8)9)67(78)59-42-52(23-27-61(59)73)77(53-24-28-62-60(43-53)68(79)76(47-72(10,11)12)35-31-74(62,32-36-76)45-70(4,5)6)54-38-50(48-21-25-57-55-17-13-15-19-63(55)80-65(57)40-48)37-51(39-54)49-22-26-58-56-18-14-16-20-64(56)81-66(58)41-49/h13-28,37-43H,29-36,44-47H2,1-12H3. The van der Waals surface area contributed by atoms with Gasteiger partial charge in [-0.1, -0.05) is 144 Å². The molecule has 0 amide bonds. The lowest BCUT2D eigenvalue weighted by molar-refractivity contribution is 0.0485. The van der Waals surface area contributed by atoms with E-state index in [0.29, 0.717) is 11.6 Å². The van der Waals surface area contributed by atoms with Crippen molar-refractivity contribution < 1.29 is 18.4 Å². The highest BCUT2D eigenvalue weighted by atomic mass is 16.3. The third-order valence-electron chi connectivity index (χ3n) is 19.5. The molecule has 2 aromatic heterocycles. The Morgan fingerprint density at radius 2 is 0.691 bits per heavy atom. The molecule has 81 heavy (non-hydrogen) atoms. The smallest absolute Gasteiger partial charge is 0.169 e. The summed E-state index contributed by atoms with van der Waals surface area (Å²) in [5, 5.41) is 4.35. The summed E-state index contributed by atoms with van der Waals surface area (Å²) in [6.07, 6.45) is 11.4. The van der Waals surface area contributed by atoms with Gasteiger partial charge in [-0.15, -0.1) is 0 Å². The summed E-state index contributed by atoms with van der Waals surface area (Å²) in [5.41, 5.74) is 13.4. The molecule has 6 aliphatic rings. The summed E-state index contributed by atoms with van der Waals surface area (Å²) >= 11 is 0. The van der Waals surface area contributed by atoms with Crippen LogP contribution in [0.4, 0.5) is 17.1 Å². The molecule has 0 aliphatic heterocycles. The Balaban J connectivity index is 1.08. The Labute approximate surface area is 480 Å². The second-order valence-electron chi connectivity index (χ2n) is 30.9. The van der Waals surface area contributed by atoms with E-state index in [0.717, 1.165) is 171 Å². The summed E-state index contributed by atoms with van der Waals surface area (Å²) in [7, 11) is 0. The minimum atomic E-state index is -0.440. The molecule has 4 bridgehead atoms. The number of carbonyl (C=O) groups is 2. The van der Waals surface area contributed by atoms with E-state index in [9.17, 15) is 0 Å². The van der Waals surface area contributed by atoms with Crippen molar-refractivity contribution in [3.05, 3.63) is 162 Å². The number of nitrogens with zero attached hydrogens (tertiary/aromatic N) is 1. The van der Waals surface area contributed by atoms with E-state index < -0.39 is 10.8 Å². The van der Waals surface area contributed by atoms with Crippen molar-refractivity contribution in [1.82, 2.24) is 0 Å². The molecule has 0 spiro atoms. The molecule has 0 radical (unpaired) electrons. The normalized spacial score (nSPS) is 23.1. The lowest BCUT2D eigenvalue weighted by Gasteiger charge is -2.47. The molecule has 0 N–H and O–H groups in total. The van der Waals surface area contributed by atoms with E-state index in [2.05, 4.69) is 203 Å². The summed E-state index contributed by atoms with van der Waals surface area (Å²) < 4.78 is 13.2. The van der Waals surface area contributed by atoms with E-state index in [4.69, 9.17) is 8.83 Å². The third kappa shape index (κ3) is 9.38. The van der Waals surface area contributed by atoms with Crippen molar-refractivity contribution in [3.8, 4) is 22.3 Å². The van der Waals surface area contributed by atoms with E-state index in [1.165, 1.54) is 11.1 Å². The van der Waals surface area contributed by atoms with Gasteiger partial charge in [-0.25, -0.2) is 0 Å². The number of furan rings is 2. The zero-order valence-corrected chi connectivity index (χ0v) is 50.3. The molecule has 2 fully saturated rings. The molecular weight excluding hydrogens is 991 g/mol. The van der Waals surface area contributed by atoms with Crippen molar-refractivity contribution in [2.24, 2.45) is 32.5 Å². The molecule has 9 aromatic rings. The van der Waals surface area contributed by atoms with Crippen LogP contribution < -0.4 is 4.90 Å². The molecule has 6 aliphatic carbocycles. The number of fused-ring (bicyclic) bond motifs is 10. The van der Waals surface area contributed by atoms with E-state index in [-0.39, 0.29) is 32.5 Å². The average Bonchev–Trinajstić information content (AvgIpc) is 4.14. The monoisotopic (exact) mass is 1070 g/mol. The van der Waals surface area contributed by atoms with Crippen molar-refractivity contribution in [3.63, 3.8) is 0 Å². The maximum absolute atomic E-state index is 16.0. The van der Waals surface area contributed by atoms with Crippen molar-refractivity contribution in [1.29, 1.82) is 0 Å². The second kappa shape index (κ2) is 18.4. The molecule has 0 unspecified atom stereocenters. The van der Waals surface area contributed by atoms with Gasteiger partial charge in [0.2, 0.25) is 0 Å². The Morgan fingerprint density at radius 1 is 0.346 bits per heavy atom. The fourth-order valence-electron chi connectivity index (χ4n) is 17.1. The van der Waals surface area contributed by atoms with Gasteiger partial charge in [-0.3, -0.25) is 9.59 Å². The van der Waals surface area contributed by atoms with Crippen LogP contribution in [-0.2, 0) is 10.8 Å². The van der Waals surface area contributed by atoms with Crippen molar-refractivity contribution in [2.75, 3.05) is 4.90 Å². The maximum Gasteiger partial charge on any atom is 0.169 e. The first-order valence-corrected chi connectivity index (χ1v) is 30.4. The minimum Gasteiger partial charge on any atom is -0.456 e. The van der Waals surface area contributed by atoms with Crippen LogP contribution in [0.15, 0.2) is 148 Å². The van der Waals surface area contributed by atoms with Crippen LogP contribution in [0, 0.1) is 32.5 Å². The lowest BCUT2D eigenvalue weighted by atomic mass is 9.57. The first-order valence-electron chi connectivity index (χ1n) is 30.4. The first kappa shape index (κ1) is 53.6. The number of carbonyl (C=O) groups excluding carboxylic acids is 2. The highest BCUT2D eigenvalue weighted by Gasteiger charge is 2.56. The number of hydrogen-bond acceptors (Lipinski definition) is 5. The van der Waals surface area contributed by atoms with Gasteiger partial charge in [0.25, 0.3) is 0 Å². The van der Waals surface area contributed by atoms with Crippen LogP contribution in [0.5, 0.6) is 0 Å². The highest BCUT2D eigenvalue weighted by molar-refractivity contribution is 6.09. The molecule has 5 nitrogen and oxygen atoms in total. The molecule has 2 heterocycles. The van der Waals surface area contributed by atoms with Gasteiger partial charge < -0.3 is 13.7 Å². The summed E-state index contributed by atoms with van der Waals surface area (Å²) in [6, 6.07) is 50.5. The molecular formula is C76H83NO4. The quantitative estimate of drug-likeness (QED) is 0.144. The van der Waals surface area contributed by atoms with Gasteiger partial charge >= 0.3 is 0 Å². The summed E-state index contributed by atoms with van der Waals surface area (Å²) in [5.74, 6) is 0.606. The number of benzene rings is 7. The Hall–Kier alpha value is -6.72. The van der Waals surface area contributed by atoms with Gasteiger partial charge in [-0.2, -0.15) is 0 Å². The SMILES string of the molecule is CC(C)(C)CC12CCC(CC(C)(C)C)(CC1)c1ccc(N(c3cc(-c4ccc5c(c4)oc4ccccc45)cc(-c4ccc5c(c4)oc4ccccc45)c3)c3ccc4c(c3)C(=O)C3(CC(C)(C)C)CCC4(CC(C)(C)C)CC3)cc1C2=O. The van der Waals surface area contributed by atoms with E-state index in [1.807, 2.05) is 24.3 Å². The zero-order chi connectivity index (χ0) is 56.9. The number of rotatable bonds is 9. The number of Topliss-reactive ketones (excluding diaryl/α,β-unsaturated/α-hetero) is 2. The molecule has 0 atom stereocenters. The van der Waals surface area contributed by atoms with E-state index >= 15 is 9.59 Å². The third-order valence-corrected chi connectivity index (χ3v) is 19.5. The maximum atomic E-state index is 16.0. The Morgan fingerprint density at radius 3 is 1.07 bits per heavy atom. The number of hydrogen-bond donors (Lipinski definition) is 0. The fourth-order valence-corrected chi connectivity index (χ4v) is 17.1. The Kier molecular flexibility index (Phi) is 12.2. The largest absolute Gasteiger partial charge is 0.456 e. The van der Waals surface area contributed by atoms with Gasteiger partial charge in [0.05, 0.1) is 0 Å². The molecule has 5 heteroatoms.